The Kier molecular flexibility index (Phi) is 7.16. The fourth-order valence-corrected chi connectivity index (χ4v) is 4.34. The molecule has 0 aromatic carbocycles. The van der Waals surface area contributed by atoms with Crippen molar-refractivity contribution >= 4 is 34.1 Å². The highest BCUT2D eigenvalue weighted by Gasteiger charge is 2.27. The minimum Gasteiger partial charge on any atom is -0.462 e. The molecule has 8 heteroatoms. The van der Waals surface area contributed by atoms with Crippen molar-refractivity contribution < 1.29 is 19.1 Å². The molecule has 1 atom stereocenters. The third kappa shape index (κ3) is 4.82. The number of anilines is 1. The number of amides is 2. The van der Waals surface area contributed by atoms with Gasteiger partial charge in [0, 0.05) is 13.6 Å². The van der Waals surface area contributed by atoms with E-state index in [1.54, 1.807) is 13.8 Å². The molecule has 2 rings (SSSR count). The number of ether oxygens (including phenoxy) is 1. The number of hydrogen-bond donors (Lipinski definition) is 2. The van der Waals surface area contributed by atoms with Crippen LogP contribution in [-0.4, -0.2) is 56.0 Å². The van der Waals surface area contributed by atoms with Crippen molar-refractivity contribution in [2.24, 2.45) is 5.92 Å². The van der Waals surface area contributed by atoms with Crippen molar-refractivity contribution in [3.8, 4) is 0 Å². The fraction of sp³-hybridized carbons (Fsp3) is 0.611. The van der Waals surface area contributed by atoms with E-state index in [1.807, 2.05) is 0 Å². The maximum absolute atomic E-state index is 12.5. The van der Waals surface area contributed by atoms with Crippen molar-refractivity contribution in [1.82, 2.24) is 10.2 Å². The van der Waals surface area contributed by atoms with E-state index >= 15 is 0 Å². The number of rotatable bonds is 6. The molecule has 7 nitrogen and oxygen atoms in total. The molecular weight excluding hydrogens is 354 g/mol. The Hall–Kier alpha value is -1.93. The van der Waals surface area contributed by atoms with Gasteiger partial charge in [-0.1, -0.05) is 6.92 Å². The minimum atomic E-state index is -0.529. The molecule has 0 spiro atoms. The lowest BCUT2D eigenvalue weighted by Crippen LogP contribution is -2.39. The molecule has 0 saturated carbocycles. The third-order valence-electron chi connectivity index (χ3n) is 4.42. The van der Waals surface area contributed by atoms with Crippen LogP contribution in [0.25, 0.3) is 0 Å². The first kappa shape index (κ1) is 20.4. The normalized spacial score (nSPS) is 17.6. The molecule has 1 aliphatic rings. The Morgan fingerprint density at radius 2 is 2.08 bits per heavy atom. The Balaban J connectivity index is 2.19. The summed E-state index contributed by atoms with van der Waals surface area (Å²) in [5, 5.41) is 5.74. The molecule has 0 unspecified atom stereocenters. The van der Waals surface area contributed by atoms with Gasteiger partial charge in [-0.25, -0.2) is 4.79 Å². The lowest BCUT2D eigenvalue weighted by molar-refractivity contribution is -0.117. The Labute approximate surface area is 158 Å². The SMILES string of the molecule is CCOC(=O)c1c(NC(=O)CN2CCC[C@@H](C)C2)sc(C(=O)NC)c1C. The first-order valence-corrected chi connectivity index (χ1v) is 9.73. The van der Waals surface area contributed by atoms with Crippen molar-refractivity contribution in [2.45, 2.75) is 33.6 Å². The van der Waals surface area contributed by atoms with Crippen LogP contribution in [0.4, 0.5) is 5.00 Å². The summed E-state index contributed by atoms with van der Waals surface area (Å²) in [5.41, 5.74) is 0.783. The van der Waals surface area contributed by atoms with E-state index in [2.05, 4.69) is 22.5 Å². The van der Waals surface area contributed by atoms with Crippen molar-refractivity contribution in [3.63, 3.8) is 0 Å². The summed E-state index contributed by atoms with van der Waals surface area (Å²) in [6.45, 7) is 7.88. The van der Waals surface area contributed by atoms with Crippen molar-refractivity contribution in [2.75, 3.05) is 38.6 Å². The predicted octanol–water partition coefficient (Wildman–Crippen LogP) is 2.26. The summed E-state index contributed by atoms with van der Waals surface area (Å²) in [5.74, 6) is -0.425. The molecular formula is C18H27N3O4S. The van der Waals surface area contributed by atoms with Crippen molar-refractivity contribution in [3.05, 3.63) is 16.0 Å². The highest BCUT2D eigenvalue weighted by molar-refractivity contribution is 7.18. The first-order valence-electron chi connectivity index (χ1n) is 8.92. The lowest BCUT2D eigenvalue weighted by atomic mass is 10.0. The Bertz CT molecular complexity index is 686. The number of likely N-dealkylation sites (tertiary alicyclic amines) is 1. The zero-order valence-electron chi connectivity index (χ0n) is 15.8. The summed E-state index contributed by atoms with van der Waals surface area (Å²) >= 11 is 1.10. The molecule has 144 valence electrons. The number of hydrogen-bond acceptors (Lipinski definition) is 6. The van der Waals surface area contributed by atoms with Crippen LogP contribution >= 0.6 is 11.3 Å². The van der Waals surface area contributed by atoms with Gasteiger partial charge in [-0.2, -0.15) is 0 Å². The van der Waals surface area contributed by atoms with Crippen LogP contribution in [0, 0.1) is 12.8 Å². The van der Waals surface area contributed by atoms with Crippen LogP contribution < -0.4 is 10.6 Å². The molecule has 1 aromatic rings. The molecule has 1 aromatic heterocycles. The van der Waals surface area contributed by atoms with Gasteiger partial charge in [0.15, 0.2) is 0 Å². The zero-order chi connectivity index (χ0) is 19.3. The number of carbonyl (C=O) groups excluding carboxylic acids is 3. The quantitative estimate of drug-likeness (QED) is 0.738. The molecule has 1 aliphatic heterocycles. The van der Waals surface area contributed by atoms with Gasteiger partial charge in [-0.15, -0.1) is 11.3 Å². The molecule has 0 aliphatic carbocycles. The van der Waals surface area contributed by atoms with Crippen molar-refractivity contribution in [1.29, 1.82) is 0 Å². The average molecular weight is 381 g/mol. The van der Waals surface area contributed by atoms with Crippen LogP contribution in [0.5, 0.6) is 0 Å². The summed E-state index contributed by atoms with van der Waals surface area (Å²) in [7, 11) is 1.53. The predicted molar refractivity (Wildman–Crippen MR) is 102 cm³/mol. The van der Waals surface area contributed by atoms with Gasteiger partial charge in [0.2, 0.25) is 5.91 Å². The van der Waals surface area contributed by atoms with Gasteiger partial charge in [0.25, 0.3) is 5.91 Å². The standard InChI is InChI=1S/C18H27N3O4S/c1-5-25-18(24)14-12(3)15(16(23)19-4)26-17(14)20-13(22)10-21-8-6-7-11(2)9-21/h11H,5-10H2,1-4H3,(H,19,23)(H,20,22)/t11-/m1/s1. The van der Waals surface area contributed by atoms with Gasteiger partial charge in [-0.05, 0) is 44.7 Å². The van der Waals surface area contributed by atoms with E-state index in [1.165, 1.54) is 13.5 Å². The maximum atomic E-state index is 12.5. The van der Waals surface area contributed by atoms with E-state index < -0.39 is 5.97 Å². The van der Waals surface area contributed by atoms with Gasteiger partial charge in [-0.3, -0.25) is 14.5 Å². The first-order chi connectivity index (χ1) is 12.4. The van der Waals surface area contributed by atoms with Gasteiger partial charge >= 0.3 is 5.97 Å². The highest BCUT2D eigenvalue weighted by Crippen LogP contribution is 2.33. The second-order valence-electron chi connectivity index (χ2n) is 6.59. The van der Waals surface area contributed by atoms with Crippen LogP contribution in [0.3, 0.4) is 0 Å². The zero-order valence-corrected chi connectivity index (χ0v) is 16.6. The molecule has 0 radical (unpaired) electrons. The minimum absolute atomic E-state index is 0.186. The summed E-state index contributed by atoms with van der Waals surface area (Å²) in [4.78, 5) is 39.4. The van der Waals surface area contributed by atoms with Crippen LogP contribution in [-0.2, 0) is 9.53 Å². The number of nitrogens with one attached hydrogen (secondary N) is 2. The number of carbonyl (C=O) groups is 3. The van der Waals surface area contributed by atoms with E-state index in [0.29, 0.717) is 21.4 Å². The molecule has 1 fully saturated rings. The number of esters is 1. The topological polar surface area (TPSA) is 87.7 Å². The summed E-state index contributed by atoms with van der Waals surface area (Å²) < 4.78 is 5.10. The molecule has 2 N–H and O–H groups in total. The van der Waals surface area contributed by atoms with E-state index in [4.69, 9.17) is 4.74 Å². The third-order valence-corrected chi connectivity index (χ3v) is 5.63. The van der Waals surface area contributed by atoms with Crippen LogP contribution in [0.1, 0.15) is 52.3 Å². The summed E-state index contributed by atoms with van der Waals surface area (Å²) in [6.07, 6.45) is 2.27. The van der Waals surface area contributed by atoms with E-state index in [9.17, 15) is 14.4 Å². The largest absolute Gasteiger partial charge is 0.462 e. The van der Waals surface area contributed by atoms with Crippen LogP contribution in [0.2, 0.25) is 0 Å². The smallest absolute Gasteiger partial charge is 0.341 e. The van der Waals surface area contributed by atoms with E-state index in [0.717, 1.165) is 30.8 Å². The average Bonchev–Trinajstić information content (AvgIpc) is 2.90. The van der Waals surface area contributed by atoms with E-state index in [-0.39, 0.29) is 30.5 Å². The van der Waals surface area contributed by atoms with Crippen LogP contribution in [0.15, 0.2) is 0 Å². The summed E-state index contributed by atoms with van der Waals surface area (Å²) in [6, 6.07) is 0. The van der Waals surface area contributed by atoms with Gasteiger partial charge in [0.05, 0.1) is 23.6 Å². The van der Waals surface area contributed by atoms with Gasteiger partial charge in [0.1, 0.15) is 5.00 Å². The molecule has 26 heavy (non-hydrogen) atoms. The Morgan fingerprint density at radius 1 is 1.35 bits per heavy atom. The molecule has 0 bridgehead atoms. The second kappa shape index (κ2) is 9.14. The maximum Gasteiger partial charge on any atom is 0.341 e. The number of thiophene rings is 1. The fourth-order valence-electron chi connectivity index (χ4n) is 3.18. The molecule has 1 saturated heterocycles. The number of piperidine rings is 1. The lowest BCUT2D eigenvalue weighted by Gasteiger charge is -2.30. The number of nitrogens with zero attached hydrogens (tertiary/aromatic N) is 1. The second-order valence-corrected chi connectivity index (χ2v) is 7.61. The Morgan fingerprint density at radius 3 is 2.69 bits per heavy atom. The highest BCUT2D eigenvalue weighted by atomic mass is 32.1. The molecule has 2 heterocycles. The monoisotopic (exact) mass is 381 g/mol. The molecule has 2 amide bonds. The van der Waals surface area contributed by atoms with Gasteiger partial charge < -0.3 is 15.4 Å².